The van der Waals surface area contributed by atoms with Crippen LogP contribution >= 0.6 is 23.2 Å². The molecule has 1 fully saturated rings. The Morgan fingerprint density at radius 3 is 2.12 bits per heavy atom. The Hall–Kier alpha value is -2.96. The van der Waals surface area contributed by atoms with Crippen LogP contribution in [0.2, 0.25) is 10.0 Å². The molecule has 3 atom stereocenters. The van der Waals surface area contributed by atoms with Gasteiger partial charge in [-0.15, -0.1) is 4.40 Å². The summed E-state index contributed by atoms with van der Waals surface area (Å²) in [5.41, 5.74) is 2.54. The highest BCUT2D eigenvalue weighted by molar-refractivity contribution is 7.90. The fourth-order valence-electron chi connectivity index (χ4n) is 4.94. The zero-order valence-corrected chi connectivity index (χ0v) is 24.3. The van der Waals surface area contributed by atoms with Gasteiger partial charge in [-0.1, -0.05) is 65.7 Å². The van der Waals surface area contributed by atoms with Crippen LogP contribution in [0.15, 0.2) is 93.3 Å². The number of rotatable bonds is 6. The zero-order valence-electron chi connectivity index (χ0n) is 21.2. The number of hydrogen-bond donors (Lipinski definition) is 2. The van der Waals surface area contributed by atoms with E-state index in [0.717, 1.165) is 16.8 Å². The third-order valence-corrected chi connectivity index (χ3v) is 10.1. The Bertz CT molecular complexity index is 1650. The molecule has 1 heterocycles. The standard InChI is InChI=1S/C27H27Cl2N5O4S2/c28-20-8-6-19(7-9-20)26-25(18-4-2-1-3-5-18)17-34(32-26)27(31-22-12-15-24(16-22)39(30,35)36)33-40(37,38)23-13-10-21(29)11-14-23/h1-11,13-14,22,24-25H,12,15-17H2,(H,31,33)(H2,30,35,36)/t22-,24+,25?/m1/s1. The lowest BCUT2D eigenvalue weighted by Crippen LogP contribution is -2.43. The van der Waals surface area contributed by atoms with Crippen molar-refractivity contribution in [3.8, 4) is 0 Å². The Balaban J connectivity index is 1.55. The van der Waals surface area contributed by atoms with Crippen molar-refractivity contribution in [2.45, 2.75) is 41.4 Å². The predicted molar refractivity (Wildman–Crippen MR) is 158 cm³/mol. The van der Waals surface area contributed by atoms with Gasteiger partial charge in [-0.2, -0.15) is 13.5 Å². The highest BCUT2D eigenvalue weighted by Crippen LogP contribution is 2.31. The molecule has 3 aromatic rings. The molecule has 0 spiro atoms. The molecule has 1 aliphatic carbocycles. The van der Waals surface area contributed by atoms with Crippen molar-refractivity contribution in [3.05, 3.63) is 100 Å². The fourth-order valence-corrected chi connectivity index (χ4v) is 7.11. The minimum absolute atomic E-state index is 0.0000796. The van der Waals surface area contributed by atoms with Crippen molar-refractivity contribution >= 4 is 54.9 Å². The summed E-state index contributed by atoms with van der Waals surface area (Å²) >= 11 is 12.1. The minimum Gasteiger partial charge on any atom is -0.351 e. The first-order valence-electron chi connectivity index (χ1n) is 12.6. The van der Waals surface area contributed by atoms with Gasteiger partial charge in [-0.3, -0.25) is 0 Å². The van der Waals surface area contributed by atoms with Gasteiger partial charge in [0.25, 0.3) is 10.0 Å². The number of nitrogens with one attached hydrogen (secondary N) is 1. The van der Waals surface area contributed by atoms with E-state index in [1.807, 2.05) is 42.5 Å². The van der Waals surface area contributed by atoms with E-state index in [2.05, 4.69) is 9.71 Å². The number of halogens is 2. The average molecular weight is 621 g/mol. The average Bonchev–Trinajstić information content (AvgIpc) is 3.57. The maximum Gasteiger partial charge on any atom is 0.285 e. The number of guanidine groups is 1. The lowest BCUT2D eigenvalue weighted by Gasteiger charge is -2.23. The summed E-state index contributed by atoms with van der Waals surface area (Å²) in [6.07, 6.45) is 1.06. The van der Waals surface area contributed by atoms with Crippen LogP contribution < -0.4 is 10.5 Å². The largest absolute Gasteiger partial charge is 0.351 e. The van der Waals surface area contributed by atoms with Gasteiger partial charge in [0.15, 0.2) is 0 Å². The second-order valence-corrected chi connectivity index (χ2v) is 14.1. The van der Waals surface area contributed by atoms with Crippen molar-refractivity contribution in [1.82, 2.24) is 10.3 Å². The molecule has 0 amide bonds. The van der Waals surface area contributed by atoms with Crippen LogP contribution in [0.25, 0.3) is 0 Å². The molecular weight excluding hydrogens is 593 g/mol. The van der Waals surface area contributed by atoms with E-state index in [9.17, 15) is 16.8 Å². The zero-order chi connectivity index (χ0) is 28.5. The van der Waals surface area contributed by atoms with E-state index in [-0.39, 0.29) is 29.2 Å². The van der Waals surface area contributed by atoms with Crippen LogP contribution in [-0.4, -0.2) is 51.4 Å². The lowest BCUT2D eigenvalue weighted by molar-refractivity contribution is 0.441. The summed E-state index contributed by atoms with van der Waals surface area (Å²) in [4.78, 5) is -0.0363. The summed E-state index contributed by atoms with van der Waals surface area (Å²) < 4.78 is 54.8. The highest BCUT2D eigenvalue weighted by atomic mass is 35.5. The SMILES string of the molecule is NS(=O)(=O)[C@H]1CC[C@@H](NC(=NS(=O)(=O)c2ccc(Cl)cc2)N2CC(c3ccccc3)C(c3ccc(Cl)cc3)=N2)C1. The number of primary sulfonamides is 1. The molecule has 13 heteroatoms. The first-order valence-corrected chi connectivity index (χ1v) is 16.4. The van der Waals surface area contributed by atoms with Crippen LogP contribution in [0.5, 0.6) is 0 Å². The van der Waals surface area contributed by atoms with Gasteiger partial charge < -0.3 is 5.32 Å². The molecule has 40 heavy (non-hydrogen) atoms. The molecule has 3 N–H and O–H groups in total. The number of hydrazone groups is 1. The summed E-state index contributed by atoms with van der Waals surface area (Å²) in [6.45, 7) is 0.301. The highest BCUT2D eigenvalue weighted by Gasteiger charge is 2.36. The summed E-state index contributed by atoms with van der Waals surface area (Å²) in [6, 6.07) is 22.4. The van der Waals surface area contributed by atoms with Crippen molar-refractivity contribution in [3.63, 3.8) is 0 Å². The number of nitrogens with two attached hydrogens (primary N) is 1. The van der Waals surface area contributed by atoms with E-state index in [4.69, 9.17) is 33.4 Å². The summed E-state index contributed by atoms with van der Waals surface area (Å²) in [7, 11) is -7.90. The van der Waals surface area contributed by atoms with Gasteiger partial charge >= 0.3 is 0 Å². The molecule has 0 radical (unpaired) electrons. The first kappa shape index (κ1) is 28.6. The van der Waals surface area contributed by atoms with E-state index in [1.54, 1.807) is 12.1 Å². The molecule has 3 aromatic carbocycles. The summed E-state index contributed by atoms with van der Waals surface area (Å²) in [5, 5.41) is 15.2. The molecule has 9 nitrogen and oxygen atoms in total. The molecule has 5 rings (SSSR count). The molecule has 0 aromatic heterocycles. The molecule has 0 bridgehead atoms. The molecule has 2 aliphatic rings. The normalized spacial score (nSPS) is 21.9. The van der Waals surface area contributed by atoms with Gasteiger partial charge in [-0.05, 0) is 66.8 Å². The van der Waals surface area contributed by atoms with Crippen molar-refractivity contribution < 1.29 is 16.8 Å². The van der Waals surface area contributed by atoms with E-state index < -0.39 is 25.3 Å². The number of nitrogens with zero attached hydrogens (tertiary/aromatic N) is 3. The van der Waals surface area contributed by atoms with Gasteiger partial charge in [0.1, 0.15) is 0 Å². The fraction of sp³-hybridized carbons (Fsp3) is 0.259. The molecule has 1 saturated carbocycles. The summed E-state index contributed by atoms with van der Waals surface area (Å²) in [5.74, 6) is -0.201. The van der Waals surface area contributed by atoms with E-state index >= 15 is 0 Å². The van der Waals surface area contributed by atoms with Crippen LogP contribution in [0, 0.1) is 0 Å². The predicted octanol–water partition coefficient (Wildman–Crippen LogP) is 4.34. The second kappa shape index (κ2) is 11.5. The van der Waals surface area contributed by atoms with Crippen LogP contribution in [0.1, 0.15) is 36.3 Å². The van der Waals surface area contributed by atoms with E-state index in [1.165, 1.54) is 29.3 Å². The van der Waals surface area contributed by atoms with Crippen LogP contribution in [0.3, 0.4) is 0 Å². The Morgan fingerprint density at radius 1 is 0.900 bits per heavy atom. The second-order valence-electron chi connectivity index (χ2n) is 9.75. The maximum atomic E-state index is 13.4. The molecular formula is C27H27Cl2N5O4S2. The molecule has 0 saturated heterocycles. The number of benzene rings is 3. The molecule has 1 aliphatic heterocycles. The van der Waals surface area contributed by atoms with Crippen molar-refractivity contribution in [1.29, 1.82) is 0 Å². The first-order chi connectivity index (χ1) is 19.0. The van der Waals surface area contributed by atoms with Gasteiger partial charge in [0.2, 0.25) is 16.0 Å². The van der Waals surface area contributed by atoms with Gasteiger partial charge in [-0.25, -0.2) is 18.6 Å². The van der Waals surface area contributed by atoms with Crippen molar-refractivity contribution in [2.24, 2.45) is 14.6 Å². The number of hydrogen-bond acceptors (Lipinski definition) is 5. The van der Waals surface area contributed by atoms with Crippen LogP contribution in [-0.2, 0) is 20.0 Å². The maximum absolute atomic E-state index is 13.4. The Morgan fingerprint density at radius 2 is 1.52 bits per heavy atom. The van der Waals surface area contributed by atoms with Crippen LogP contribution in [0.4, 0.5) is 0 Å². The van der Waals surface area contributed by atoms with Crippen molar-refractivity contribution in [2.75, 3.05) is 6.54 Å². The third kappa shape index (κ3) is 6.50. The van der Waals surface area contributed by atoms with Gasteiger partial charge in [0.05, 0.1) is 22.4 Å². The Labute approximate surface area is 243 Å². The van der Waals surface area contributed by atoms with E-state index in [0.29, 0.717) is 29.4 Å². The minimum atomic E-state index is -4.17. The lowest BCUT2D eigenvalue weighted by atomic mass is 9.91. The topological polar surface area (TPSA) is 134 Å². The molecule has 210 valence electrons. The monoisotopic (exact) mass is 619 g/mol. The van der Waals surface area contributed by atoms with Gasteiger partial charge in [0, 0.05) is 22.0 Å². The smallest absolute Gasteiger partial charge is 0.285 e. The Kier molecular flexibility index (Phi) is 8.21. The number of sulfonamides is 2. The quantitative estimate of drug-likeness (QED) is 0.311. The third-order valence-electron chi connectivity index (χ3n) is 7.00. The molecule has 1 unspecified atom stereocenters.